The Morgan fingerprint density at radius 2 is 1.96 bits per heavy atom. The molecule has 1 aromatic rings. The molecule has 0 aromatic heterocycles. The third-order valence-corrected chi connectivity index (χ3v) is 6.40. The molecule has 2 N–H and O–H groups in total. The van der Waals surface area contributed by atoms with Crippen LogP contribution in [0.4, 0.5) is 0 Å². The van der Waals surface area contributed by atoms with Crippen molar-refractivity contribution < 1.29 is 13.2 Å². The first-order valence-electron chi connectivity index (χ1n) is 8.30. The minimum absolute atomic E-state index is 0.0818. The fraction of sp³-hybridized carbons (Fsp3) is 0.562. The van der Waals surface area contributed by atoms with Gasteiger partial charge in [0, 0.05) is 18.1 Å². The van der Waals surface area contributed by atoms with E-state index in [4.69, 9.17) is 39.5 Å². The van der Waals surface area contributed by atoms with Crippen LogP contribution in [0.15, 0.2) is 17.1 Å². The van der Waals surface area contributed by atoms with E-state index in [2.05, 4.69) is 15.6 Å². The average molecular weight is 443 g/mol. The maximum Gasteiger partial charge on any atom is 0.191 e. The molecular weight excluding hydrogens is 421 g/mol. The molecule has 0 radical (unpaired) electrons. The van der Waals surface area contributed by atoms with Crippen molar-refractivity contribution in [3.05, 3.63) is 27.2 Å². The van der Waals surface area contributed by atoms with Crippen molar-refractivity contribution in [1.82, 2.24) is 10.6 Å². The Bertz CT molecular complexity index is 733. The third kappa shape index (κ3) is 6.68. The summed E-state index contributed by atoms with van der Waals surface area (Å²) < 4.78 is 28.6. The average Bonchev–Trinajstić information content (AvgIpc) is 2.90. The molecule has 0 spiro atoms. The fourth-order valence-electron chi connectivity index (χ4n) is 2.57. The summed E-state index contributed by atoms with van der Waals surface area (Å²) in [6, 6.07) is 3.14. The molecule has 1 aromatic carbocycles. The topological polar surface area (TPSA) is 79.8 Å². The van der Waals surface area contributed by atoms with Crippen LogP contribution in [0.5, 0.6) is 5.75 Å². The van der Waals surface area contributed by atoms with Crippen LogP contribution in [0, 0.1) is 5.92 Å². The van der Waals surface area contributed by atoms with Crippen molar-refractivity contribution in [2.24, 2.45) is 10.9 Å². The highest BCUT2D eigenvalue weighted by molar-refractivity contribution is 7.91. The number of nitrogens with one attached hydrogen (secondary N) is 2. The van der Waals surface area contributed by atoms with Crippen LogP contribution in [0.1, 0.15) is 13.3 Å². The zero-order chi connectivity index (χ0) is 19.2. The van der Waals surface area contributed by atoms with Gasteiger partial charge in [0.2, 0.25) is 0 Å². The van der Waals surface area contributed by atoms with E-state index < -0.39 is 9.84 Å². The quantitative estimate of drug-likeness (QED) is 0.385. The number of aliphatic imine (C=N–C) groups is 1. The van der Waals surface area contributed by atoms with E-state index in [1.165, 1.54) is 0 Å². The van der Waals surface area contributed by atoms with Gasteiger partial charge in [0.05, 0.1) is 28.1 Å². The normalized spacial score (nSPS) is 19.4. The summed E-state index contributed by atoms with van der Waals surface area (Å²) in [6.45, 7) is 3.93. The maximum absolute atomic E-state index is 11.5. The van der Waals surface area contributed by atoms with Gasteiger partial charge in [-0.05, 0) is 31.4 Å². The molecule has 1 unspecified atom stereocenters. The molecule has 0 saturated carbocycles. The Balaban J connectivity index is 1.82. The molecule has 1 aliphatic heterocycles. The number of hydrogen-bond donors (Lipinski definition) is 2. The van der Waals surface area contributed by atoms with E-state index in [0.717, 1.165) is 0 Å². The molecular formula is C16H22Cl3N3O3S. The Labute approximate surface area is 169 Å². The highest BCUT2D eigenvalue weighted by atomic mass is 35.5. The van der Waals surface area contributed by atoms with Crippen LogP contribution in [-0.4, -0.2) is 52.1 Å². The van der Waals surface area contributed by atoms with Crippen molar-refractivity contribution in [3.8, 4) is 5.75 Å². The number of nitrogens with zero attached hydrogens (tertiary/aromatic N) is 1. The molecule has 0 amide bonds. The van der Waals surface area contributed by atoms with E-state index in [1.54, 1.807) is 12.1 Å². The van der Waals surface area contributed by atoms with Crippen LogP contribution < -0.4 is 15.4 Å². The monoisotopic (exact) mass is 441 g/mol. The molecule has 0 aliphatic carbocycles. The van der Waals surface area contributed by atoms with Crippen LogP contribution in [-0.2, 0) is 9.84 Å². The summed E-state index contributed by atoms with van der Waals surface area (Å²) in [5, 5.41) is 7.41. The van der Waals surface area contributed by atoms with Gasteiger partial charge in [0.1, 0.15) is 6.61 Å². The third-order valence-electron chi connectivity index (χ3n) is 3.78. The van der Waals surface area contributed by atoms with E-state index in [1.807, 2.05) is 6.92 Å². The van der Waals surface area contributed by atoms with Gasteiger partial charge in [-0.25, -0.2) is 8.42 Å². The Kier molecular flexibility index (Phi) is 8.13. The van der Waals surface area contributed by atoms with Crippen LogP contribution in [0.25, 0.3) is 0 Å². The SMILES string of the molecule is CCNC(=NCC1CCS(=O)(=O)C1)NCCOc1c(Cl)cc(Cl)cc1Cl. The minimum Gasteiger partial charge on any atom is -0.489 e. The first-order valence-corrected chi connectivity index (χ1v) is 11.3. The van der Waals surface area contributed by atoms with E-state index >= 15 is 0 Å². The van der Waals surface area contributed by atoms with Crippen LogP contribution in [0.2, 0.25) is 15.1 Å². The lowest BCUT2D eigenvalue weighted by Gasteiger charge is -2.14. The molecule has 146 valence electrons. The summed E-state index contributed by atoms with van der Waals surface area (Å²) in [6.07, 6.45) is 0.669. The lowest BCUT2D eigenvalue weighted by Crippen LogP contribution is -2.39. The fourth-order valence-corrected chi connectivity index (χ4v) is 5.34. The van der Waals surface area contributed by atoms with Gasteiger partial charge < -0.3 is 15.4 Å². The molecule has 1 saturated heterocycles. The Morgan fingerprint density at radius 3 is 2.54 bits per heavy atom. The van der Waals surface area contributed by atoms with Gasteiger partial charge in [-0.15, -0.1) is 0 Å². The second kappa shape index (κ2) is 9.88. The first-order chi connectivity index (χ1) is 12.3. The number of hydrogen-bond acceptors (Lipinski definition) is 4. The number of guanidine groups is 1. The van der Waals surface area contributed by atoms with Gasteiger partial charge in [0.15, 0.2) is 21.5 Å². The molecule has 1 heterocycles. The molecule has 6 nitrogen and oxygen atoms in total. The molecule has 1 fully saturated rings. The lowest BCUT2D eigenvalue weighted by molar-refractivity contribution is 0.322. The van der Waals surface area contributed by atoms with Gasteiger partial charge in [0.25, 0.3) is 0 Å². The zero-order valence-electron chi connectivity index (χ0n) is 14.4. The predicted octanol–water partition coefficient (Wildman–Crippen LogP) is 3.02. The highest BCUT2D eigenvalue weighted by Crippen LogP contribution is 2.35. The Hall–Kier alpha value is -0.890. The lowest BCUT2D eigenvalue weighted by atomic mass is 10.1. The van der Waals surface area contributed by atoms with Gasteiger partial charge in [-0.2, -0.15) is 0 Å². The summed E-state index contributed by atoms with van der Waals surface area (Å²) in [4.78, 5) is 4.46. The van der Waals surface area contributed by atoms with Gasteiger partial charge >= 0.3 is 0 Å². The largest absolute Gasteiger partial charge is 0.489 e. The smallest absolute Gasteiger partial charge is 0.191 e. The summed E-state index contributed by atoms with van der Waals surface area (Å²) >= 11 is 18.0. The number of halogens is 3. The number of sulfone groups is 1. The minimum atomic E-state index is -2.88. The molecule has 26 heavy (non-hydrogen) atoms. The van der Waals surface area contributed by atoms with Gasteiger partial charge in [-0.3, -0.25) is 4.99 Å². The second-order valence-corrected chi connectivity index (χ2v) is 9.44. The van der Waals surface area contributed by atoms with Crippen LogP contribution in [0.3, 0.4) is 0 Å². The predicted molar refractivity (Wildman–Crippen MR) is 108 cm³/mol. The standard InChI is InChI=1S/C16H22Cl3N3O3S/c1-2-20-16(22-9-11-3-6-26(23,24)10-11)21-4-5-25-15-13(18)7-12(17)8-14(15)19/h7-8,11H,2-6,9-10H2,1H3,(H2,20,21,22). The van der Waals surface area contributed by atoms with Crippen LogP contribution >= 0.6 is 34.8 Å². The van der Waals surface area contributed by atoms with Crippen molar-refractivity contribution in [3.63, 3.8) is 0 Å². The molecule has 1 aliphatic rings. The van der Waals surface area contributed by atoms with Crippen molar-refractivity contribution in [2.75, 3.05) is 37.7 Å². The zero-order valence-corrected chi connectivity index (χ0v) is 17.5. The van der Waals surface area contributed by atoms with Crippen molar-refractivity contribution in [2.45, 2.75) is 13.3 Å². The highest BCUT2D eigenvalue weighted by Gasteiger charge is 2.27. The van der Waals surface area contributed by atoms with E-state index in [0.29, 0.717) is 59.4 Å². The number of benzene rings is 1. The summed E-state index contributed by atoms with van der Waals surface area (Å²) in [5.74, 6) is 1.56. The van der Waals surface area contributed by atoms with E-state index in [9.17, 15) is 8.42 Å². The molecule has 10 heteroatoms. The molecule has 1 atom stereocenters. The van der Waals surface area contributed by atoms with Crippen molar-refractivity contribution >= 4 is 50.6 Å². The molecule has 2 rings (SSSR count). The Morgan fingerprint density at radius 1 is 1.27 bits per heavy atom. The number of rotatable bonds is 7. The second-order valence-electron chi connectivity index (χ2n) is 5.96. The first kappa shape index (κ1) is 21.4. The number of ether oxygens (including phenoxy) is 1. The van der Waals surface area contributed by atoms with Gasteiger partial charge in [-0.1, -0.05) is 34.8 Å². The van der Waals surface area contributed by atoms with E-state index in [-0.39, 0.29) is 17.4 Å². The van der Waals surface area contributed by atoms with Crippen molar-refractivity contribution in [1.29, 1.82) is 0 Å². The summed E-state index contributed by atoms with van der Waals surface area (Å²) in [5.41, 5.74) is 0. The summed E-state index contributed by atoms with van der Waals surface area (Å²) in [7, 11) is -2.88. The molecule has 0 bridgehead atoms. The maximum atomic E-state index is 11.5.